The molecule has 4 nitrogen and oxygen atoms in total. The molecule has 21 heavy (non-hydrogen) atoms. The van der Waals surface area contributed by atoms with E-state index in [1.165, 1.54) is 11.3 Å². The highest BCUT2D eigenvalue weighted by molar-refractivity contribution is 7.10. The van der Waals surface area contributed by atoms with Crippen LogP contribution in [0.15, 0.2) is 29.6 Å². The lowest BCUT2D eigenvalue weighted by Gasteiger charge is -2.15. The van der Waals surface area contributed by atoms with Crippen molar-refractivity contribution < 1.29 is 19.3 Å². The van der Waals surface area contributed by atoms with Crippen molar-refractivity contribution in [2.24, 2.45) is 0 Å². The summed E-state index contributed by atoms with van der Waals surface area (Å²) in [7, 11) is 1.60. The smallest absolute Gasteiger partial charge is 0.161 e. The Morgan fingerprint density at radius 2 is 1.76 bits per heavy atom. The molecule has 114 valence electrons. The molecular formula is C16H20O4S. The third kappa shape index (κ3) is 3.49. The highest BCUT2D eigenvalue weighted by atomic mass is 32.1. The molecular weight excluding hydrogens is 288 g/mol. The second-order valence-electron chi connectivity index (χ2n) is 4.33. The zero-order chi connectivity index (χ0) is 15.2. The zero-order valence-corrected chi connectivity index (χ0v) is 13.3. The highest BCUT2D eigenvalue weighted by Gasteiger charge is 2.19. The van der Waals surface area contributed by atoms with E-state index < -0.39 is 6.10 Å². The Bertz CT molecular complexity index is 579. The largest absolute Gasteiger partial charge is 0.495 e. The molecule has 0 saturated heterocycles. The first-order valence-corrected chi connectivity index (χ1v) is 7.78. The molecule has 0 bridgehead atoms. The van der Waals surface area contributed by atoms with Crippen molar-refractivity contribution in [3.63, 3.8) is 0 Å². The number of aliphatic hydroxyl groups excluding tert-OH is 1. The van der Waals surface area contributed by atoms with E-state index in [-0.39, 0.29) is 0 Å². The van der Waals surface area contributed by atoms with Gasteiger partial charge in [-0.2, -0.15) is 0 Å². The standard InChI is InChI=1S/C16H20O4S/c1-4-19-12-7-6-11(10-14(12)20-5-2)15(17)16-13(18-3)8-9-21-16/h6-10,15,17H,4-5H2,1-3H3. The Kier molecular flexibility index (Phi) is 5.47. The molecule has 0 fully saturated rings. The van der Waals surface area contributed by atoms with Gasteiger partial charge < -0.3 is 19.3 Å². The third-order valence-corrected chi connectivity index (χ3v) is 3.96. The summed E-state index contributed by atoms with van der Waals surface area (Å²) in [5.74, 6) is 2.03. The van der Waals surface area contributed by atoms with Crippen LogP contribution in [0, 0.1) is 0 Å². The molecule has 1 aromatic heterocycles. The van der Waals surface area contributed by atoms with Gasteiger partial charge in [-0.15, -0.1) is 11.3 Å². The van der Waals surface area contributed by atoms with Crippen molar-refractivity contribution >= 4 is 11.3 Å². The minimum Gasteiger partial charge on any atom is -0.495 e. The van der Waals surface area contributed by atoms with E-state index in [9.17, 15) is 5.11 Å². The van der Waals surface area contributed by atoms with Gasteiger partial charge in [0.25, 0.3) is 0 Å². The average molecular weight is 308 g/mol. The molecule has 0 aliphatic heterocycles. The number of aliphatic hydroxyl groups is 1. The summed E-state index contributed by atoms with van der Waals surface area (Å²) in [6.45, 7) is 4.96. The first-order valence-electron chi connectivity index (χ1n) is 6.90. The van der Waals surface area contributed by atoms with Crippen LogP contribution in [-0.4, -0.2) is 25.4 Å². The quantitative estimate of drug-likeness (QED) is 0.848. The second-order valence-corrected chi connectivity index (χ2v) is 5.28. The molecule has 0 saturated carbocycles. The molecule has 1 N–H and O–H groups in total. The summed E-state index contributed by atoms with van der Waals surface area (Å²) in [6.07, 6.45) is -0.741. The lowest BCUT2D eigenvalue weighted by molar-refractivity contribution is 0.217. The monoisotopic (exact) mass is 308 g/mol. The van der Waals surface area contributed by atoms with E-state index >= 15 is 0 Å². The van der Waals surface area contributed by atoms with Crippen LogP contribution in [0.2, 0.25) is 0 Å². The highest BCUT2D eigenvalue weighted by Crippen LogP contribution is 2.37. The number of ether oxygens (including phenoxy) is 3. The van der Waals surface area contributed by atoms with E-state index in [0.29, 0.717) is 30.5 Å². The maximum atomic E-state index is 10.5. The van der Waals surface area contributed by atoms with Crippen molar-refractivity contribution in [2.75, 3.05) is 20.3 Å². The summed E-state index contributed by atoms with van der Waals surface area (Å²) < 4.78 is 16.4. The molecule has 0 aliphatic carbocycles. The normalized spacial score (nSPS) is 12.0. The van der Waals surface area contributed by atoms with Gasteiger partial charge in [0.2, 0.25) is 0 Å². The van der Waals surface area contributed by atoms with Crippen molar-refractivity contribution in [1.29, 1.82) is 0 Å². The summed E-state index contributed by atoms with van der Waals surface area (Å²) in [6, 6.07) is 7.34. The molecule has 1 heterocycles. The van der Waals surface area contributed by atoms with E-state index in [1.807, 2.05) is 43.5 Å². The topological polar surface area (TPSA) is 47.9 Å². The molecule has 2 aromatic rings. The van der Waals surface area contributed by atoms with Gasteiger partial charge in [-0.25, -0.2) is 0 Å². The van der Waals surface area contributed by atoms with E-state index in [0.717, 1.165) is 10.4 Å². The number of hydrogen-bond acceptors (Lipinski definition) is 5. The molecule has 2 rings (SSSR count). The van der Waals surface area contributed by atoms with Gasteiger partial charge in [-0.05, 0) is 43.0 Å². The van der Waals surface area contributed by atoms with Crippen LogP contribution < -0.4 is 14.2 Å². The number of benzene rings is 1. The lowest BCUT2D eigenvalue weighted by Crippen LogP contribution is -2.03. The summed E-state index contributed by atoms with van der Waals surface area (Å²) in [5, 5.41) is 12.4. The average Bonchev–Trinajstić information content (AvgIpc) is 2.97. The maximum absolute atomic E-state index is 10.5. The number of hydrogen-bond donors (Lipinski definition) is 1. The van der Waals surface area contributed by atoms with Crippen molar-refractivity contribution in [3.8, 4) is 17.2 Å². The van der Waals surface area contributed by atoms with Crippen LogP contribution in [0.4, 0.5) is 0 Å². The van der Waals surface area contributed by atoms with Gasteiger partial charge in [-0.3, -0.25) is 0 Å². The summed E-state index contributed by atoms with van der Waals surface area (Å²) >= 11 is 1.46. The van der Waals surface area contributed by atoms with E-state index in [1.54, 1.807) is 7.11 Å². The SMILES string of the molecule is CCOc1ccc(C(O)c2sccc2OC)cc1OCC. The van der Waals surface area contributed by atoms with Crippen LogP contribution in [0.1, 0.15) is 30.4 Å². The second kappa shape index (κ2) is 7.33. The maximum Gasteiger partial charge on any atom is 0.161 e. The minimum absolute atomic E-state index is 0.544. The van der Waals surface area contributed by atoms with Crippen LogP contribution in [0.3, 0.4) is 0 Å². The van der Waals surface area contributed by atoms with Crippen LogP contribution >= 0.6 is 11.3 Å². The molecule has 0 radical (unpaired) electrons. The van der Waals surface area contributed by atoms with Crippen LogP contribution in [-0.2, 0) is 0 Å². The fraction of sp³-hybridized carbons (Fsp3) is 0.375. The number of rotatable bonds is 7. The first kappa shape index (κ1) is 15.7. The Hall–Kier alpha value is -1.72. The molecule has 1 unspecified atom stereocenters. The molecule has 0 spiro atoms. The first-order chi connectivity index (χ1) is 10.2. The third-order valence-electron chi connectivity index (χ3n) is 3.01. The van der Waals surface area contributed by atoms with E-state index in [4.69, 9.17) is 14.2 Å². The van der Waals surface area contributed by atoms with Crippen molar-refractivity contribution in [1.82, 2.24) is 0 Å². The Balaban J connectivity index is 2.33. The molecule has 0 aliphatic rings. The summed E-state index contributed by atoms with van der Waals surface area (Å²) in [4.78, 5) is 0.782. The predicted molar refractivity (Wildman–Crippen MR) is 83.7 cm³/mol. The van der Waals surface area contributed by atoms with Gasteiger partial charge in [0.1, 0.15) is 11.9 Å². The zero-order valence-electron chi connectivity index (χ0n) is 12.5. The van der Waals surface area contributed by atoms with Crippen LogP contribution in [0.5, 0.6) is 17.2 Å². The van der Waals surface area contributed by atoms with Crippen molar-refractivity contribution in [3.05, 3.63) is 40.1 Å². The molecule has 5 heteroatoms. The van der Waals surface area contributed by atoms with Gasteiger partial charge >= 0.3 is 0 Å². The van der Waals surface area contributed by atoms with Gasteiger partial charge in [0.15, 0.2) is 11.5 Å². The number of methoxy groups -OCH3 is 1. The Labute approximate surface area is 128 Å². The fourth-order valence-electron chi connectivity index (χ4n) is 2.07. The lowest BCUT2D eigenvalue weighted by atomic mass is 10.1. The van der Waals surface area contributed by atoms with Gasteiger partial charge in [0, 0.05) is 0 Å². The summed E-state index contributed by atoms with van der Waals surface area (Å²) in [5.41, 5.74) is 0.752. The van der Waals surface area contributed by atoms with Crippen molar-refractivity contribution in [2.45, 2.75) is 20.0 Å². The van der Waals surface area contributed by atoms with Gasteiger partial charge in [0.05, 0.1) is 25.2 Å². The Morgan fingerprint density at radius 3 is 2.43 bits per heavy atom. The predicted octanol–water partition coefficient (Wildman–Crippen LogP) is 3.64. The van der Waals surface area contributed by atoms with Gasteiger partial charge in [-0.1, -0.05) is 6.07 Å². The molecule has 1 aromatic carbocycles. The van der Waals surface area contributed by atoms with Crippen LogP contribution in [0.25, 0.3) is 0 Å². The Morgan fingerprint density at radius 1 is 1.05 bits per heavy atom. The number of thiophene rings is 1. The molecule has 1 atom stereocenters. The minimum atomic E-state index is -0.741. The fourth-order valence-corrected chi connectivity index (χ4v) is 2.94. The molecule has 0 amide bonds. The van der Waals surface area contributed by atoms with E-state index in [2.05, 4.69) is 0 Å².